The molecule has 0 bridgehead atoms. The maximum Gasteiger partial charge on any atom is 0.142 e. The lowest BCUT2D eigenvalue weighted by molar-refractivity contribution is 0.122. The minimum absolute atomic E-state index is 0.130. The molecule has 0 N–H and O–H groups in total. The summed E-state index contributed by atoms with van der Waals surface area (Å²) in [7, 11) is 3.52. The molecule has 0 spiro atoms. The normalized spacial score (nSPS) is 16.1. The van der Waals surface area contributed by atoms with Gasteiger partial charge >= 0.3 is 0 Å². The number of para-hydroxylation sites is 1. The third-order valence-electron chi connectivity index (χ3n) is 12.9. The molecule has 55 heavy (non-hydrogen) atoms. The summed E-state index contributed by atoms with van der Waals surface area (Å²) in [6.07, 6.45) is 6.88. The van der Waals surface area contributed by atoms with Crippen molar-refractivity contribution in [2.75, 3.05) is 45.4 Å². The van der Waals surface area contributed by atoms with Gasteiger partial charge in [-0.25, -0.2) is 0 Å². The van der Waals surface area contributed by atoms with Crippen LogP contribution in [0.25, 0.3) is 49.9 Å². The average molecular weight is 728 g/mol. The van der Waals surface area contributed by atoms with E-state index in [0.717, 1.165) is 78.3 Å². The zero-order chi connectivity index (χ0) is 37.9. The maximum atomic E-state index is 6.28. The van der Waals surface area contributed by atoms with Crippen LogP contribution < -0.4 is 14.4 Å². The molecule has 1 aliphatic carbocycles. The van der Waals surface area contributed by atoms with E-state index in [1.807, 2.05) is 12.1 Å². The smallest absolute Gasteiger partial charge is 0.142 e. The van der Waals surface area contributed by atoms with Crippen LogP contribution in [0, 0.1) is 6.92 Å². The SMILES string of the molecule is CCC1(CC)c2ccccc2-c2c1c(/C=C\C(C)(c1ccc(OC)cc1)c1ccc3oc4ccccc4c3c1)c(C)c1cc(OC)c(N3CCOCC3)cc21. The van der Waals surface area contributed by atoms with E-state index in [9.17, 15) is 0 Å². The second-order valence-electron chi connectivity index (χ2n) is 15.4. The Morgan fingerprint density at radius 3 is 2.20 bits per heavy atom. The molecule has 1 fully saturated rings. The van der Waals surface area contributed by atoms with Gasteiger partial charge in [0.1, 0.15) is 22.7 Å². The standard InChI is InChI=1S/C50H49NO4/c1-7-50(8-2)42-15-11-9-14-38(42)47-41-30-43(51-25-27-54-28-26-51)46(53-6)31-39(41)32(3)36(48(47)50)23-24-49(4,33-17-20-35(52-5)21-18-33)34-19-22-45-40(29-34)37-13-10-12-16-44(37)55-45/h9-24,29-31H,7-8,25-28H2,1-6H3/b24-23-. The van der Waals surface area contributed by atoms with Crippen LogP contribution in [0.3, 0.4) is 0 Å². The van der Waals surface area contributed by atoms with Gasteiger partial charge in [-0.3, -0.25) is 0 Å². The number of morpholine rings is 1. The Morgan fingerprint density at radius 2 is 1.45 bits per heavy atom. The summed E-state index contributed by atoms with van der Waals surface area (Å²) < 4.78 is 23.8. The number of ether oxygens (including phenoxy) is 3. The Kier molecular flexibility index (Phi) is 8.74. The highest BCUT2D eigenvalue weighted by Gasteiger charge is 2.43. The number of hydrogen-bond donors (Lipinski definition) is 0. The minimum atomic E-state index is -0.489. The highest BCUT2D eigenvalue weighted by atomic mass is 16.5. The van der Waals surface area contributed by atoms with Crippen LogP contribution in [0.5, 0.6) is 11.5 Å². The monoisotopic (exact) mass is 727 g/mol. The van der Waals surface area contributed by atoms with Gasteiger partial charge in [-0.1, -0.05) is 86.7 Å². The number of anilines is 1. The molecule has 1 saturated heterocycles. The zero-order valence-corrected chi connectivity index (χ0v) is 32.8. The third-order valence-corrected chi connectivity index (χ3v) is 12.9. The summed E-state index contributed by atoms with van der Waals surface area (Å²) in [5.41, 5.74) is 12.8. The molecule has 0 amide bonds. The Morgan fingerprint density at radius 1 is 0.745 bits per heavy atom. The number of allylic oxidation sites excluding steroid dienone is 1. The number of aryl methyl sites for hydroxylation is 1. The second-order valence-corrected chi connectivity index (χ2v) is 15.4. The maximum absolute atomic E-state index is 6.28. The summed E-state index contributed by atoms with van der Waals surface area (Å²) in [5, 5.41) is 4.77. The fourth-order valence-corrected chi connectivity index (χ4v) is 9.72. The third kappa shape index (κ3) is 5.38. The summed E-state index contributed by atoms with van der Waals surface area (Å²) in [6, 6.07) is 37.4. The Hall–Kier alpha value is -5.52. The number of fused-ring (bicyclic) bond motifs is 8. The molecule has 0 saturated carbocycles. The lowest BCUT2D eigenvalue weighted by atomic mass is 9.70. The Bertz CT molecular complexity index is 2600. The highest BCUT2D eigenvalue weighted by Crippen LogP contribution is 2.58. The van der Waals surface area contributed by atoms with Crippen molar-refractivity contribution in [1.29, 1.82) is 0 Å². The van der Waals surface area contributed by atoms with Crippen LogP contribution in [0.15, 0.2) is 114 Å². The highest BCUT2D eigenvalue weighted by molar-refractivity contribution is 6.09. The van der Waals surface area contributed by atoms with Gasteiger partial charge in [0.2, 0.25) is 0 Å². The molecule has 6 aromatic carbocycles. The lowest BCUT2D eigenvalue weighted by Crippen LogP contribution is -2.36. The van der Waals surface area contributed by atoms with Crippen molar-refractivity contribution in [1.82, 2.24) is 0 Å². The molecule has 2 aliphatic rings. The van der Waals surface area contributed by atoms with Crippen LogP contribution in [0.4, 0.5) is 5.69 Å². The van der Waals surface area contributed by atoms with E-state index >= 15 is 0 Å². The molecular weight excluding hydrogens is 679 g/mol. The molecule has 5 heteroatoms. The summed E-state index contributed by atoms with van der Waals surface area (Å²) in [6.45, 7) is 12.5. The fourth-order valence-electron chi connectivity index (χ4n) is 9.72. The molecule has 0 radical (unpaired) electrons. The van der Waals surface area contributed by atoms with Crippen molar-refractivity contribution >= 4 is 44.5 Å². The first-order chi connectivity index (χ1) is 26.8. The second kappa shape index (κ2) is 13.6. The zero-order valence-electron chi connectivity index (χ0n) is 32.8. The fraction of sp³-hybridized carbons (Fsp3) is 0.280. The van der Waals surface area contributed by atoms with Gasteiger partial charge in [0.05, 0.1) is 33.1 Å². The Balaban J connectivity index is 1.32. The van der Waals surface area contributed by atoms with E-state index < -0.39 is 5.41 Å². The predicted molar refractivity (Wildman–Crippen MR) is 227 cm³/mol. The van der Waals surface area contributed by atoms with Gasteiger partial charge < -0.3 is 23.5 Å². The van der Waals surface area contributed by atoms with E-state index in [-0.39, 0.29) is 5.41 Å². The van der Waals surface area contributed by atoms with Crippen molar-refractivity contribution in [2.45, 2.75) is 51.4 Å². The first kappa shape index (κ1) is 35.2. The van der Waals surface area contributed by atoms with Crippen LogP contribution in [-0.4, -0.2) is 40.5 Å². The van der Waals surface area contributed by atoms with Gasteiger partial charge in [0.25, 0.3) is 0 Å². The van der Waals surface area contributed by atoms with E-state index in [1.54, 1.807) is 14.2 Å². The van der Waals surface area contributed by atoms with Gasteiger partial charge in [-0.2, -0.15) is 0 Å². The number of furan rings is 1. The number of nitrogens with zero attached hydrogens (tertiary/aromatic N) is 1. The number of methoxy groups -OCH3 is 2. The van der Waals surface area contributed by atoms with Crippen LogP contribution >= 0.6 is 0 Å². The summed E-state index contributed by atoms with van der Waals surface area (Å²) >= 11 is 0. The number of hydrogen-bond acceptors (Lipinski definition) is 5. The lowest BCUT2D eigenvalue weighted by Gasteiger charge is -2.33. The van der Waals surface area contributed by atoms with Crippen molar-refractivity contribution in [3.63, 3.8) is 0 Å². The van der Waals surface area contributed by atoms with E-state index in [0.29, 0.717) is 0 Å². The molecule has 1 aromatic heterocycles. The van der Waals surface area contributed by atoms with Crippen molar-refractivity contribution in [3.8, 4) is 22.6 Å². The summed E-state index contributed by atoms with van der Waals surface area (Å²) in [5.74, 6) is 1.74. The largest absolute Gasteiger partial charge is 0.497 e. The van der Waals surface area contributed by atoms with Crippen molar-refractivity contribution in [3.05, 3.63) is 143 Å². The molecule has 1 aliphatic heterocycles. The van der Waals surface area contributed by atoms with Gasteiger partial charge in [0, 0.05) is 34.7 Å². The summed E-state index contributed by atoms with van der Waals surface area (Å²) in [4.78, 5) is 2.42. The molecule has 1 atom stereocenters. The Labute approximate surface area is 324 Å². The van der Waals surface area contributed by atoms with Crippen molar-refractivity contribution < 1.29 is 18.6 Å². The molecular formula is C50H49NO4. The molecule has 278 valence electrons. The molecule has 1 unspecified atom stereocenters. The van der Waals surface area contributed by atoms with Crippen LogP contribution in [0.2, 0.25) is 0 Å². The van der Waals surface area contributed by atoms with Gasteiger partial charge in [-0.05, 0) is 124 Å². The number of rotatable bonds is 9. The topological polar surface area (TPSA) is 44.1 Å². The van der Waals surface area contributed by atoms with Gasteiger partial charge in [-0.15, -0.1) is 0 Å². The molecule has 7 aromatic rings. The first-order valence-electron chi connectivity index (χ1n) is 19.7. The van der Waals surface area contributed by atoms with Crippen molar-refractivity contribution in [2.24, 2.45) is 0 Å². The average Bonchev–Trinajstić information content (AvgIpc) is 3.76. The van der Waals surface area contributed by atoms with E-state index in [4.69, 9.17) is 18.6 Å². The van der Waals surface area contributed by atoms with Crippen LogP contribution in [0.1, 0.15) is 67.0 Å². The van der Waals surface area contributed by atoms with Crippen LogP contribution in [-0.2, 0) is 15.6 Å². The first-order valence-corrected chi connectivity index (χ1v) is 19.7. The van der Waals surface area contributed by atoms with E-state index in [2.05, 4.69) is 136 Å². The van der Waals surface area contributed by atoms with Gasteiger partial charge in [0.15, 0.2) is 0 Å². The minimum Gasteiger partial charge on any atom is -0.497 e. The number of benzene rings is 6. The quantitative estimate of drug-likeness (QED) is 0.148. The van der Waals surface area contributed by atoms with E-state index in [1.165, 1.54) is 55.3 Å². The molecule has 2 heterocycles. The molecule has 9 rings (SSSR count). The molecule has 5 nitrogen and oxygen atoms in total. The predicted octanol–water partition coefficient (Wildman–Crippen LogP) is 12.0.